The summed E-state index contributed by atoms with van der Waals surface area (Å²) in [6.45, 7) is 10.7. The van der Waals surface area contributed by atoms with Gasteiger partial charge in [0.05, 0.1) is 25.5 Å². The van der Waals surface area contributed by atoms with E-state index in [2.05, 4.69) is 25.7 Å². The van der Waals surface area contributed by atoms with E-state index in [9.17, 15) is 4.79 Å². The molecule has 12 nitrogen and oxygen atoms in total. The lowest BCUT2D eigenvalue weighted by Gasteiger charge is -2.26. The molecule has 1 aliphatic rings. The molecule has 0 saturated carbocycles. The van der Waals surface area contributed by atoms with Crippen LogP contribution in [0.15, 0.2) is 53.2 Å². The summed E-state index contributed by atoms with van der Waals surface area (Å²) >= 11 is 5.40. The first kappa shape index (κ1) is 29.9. The maximum Gasteiger partial charge on any atom is 0.324 e. The Hall–Kier alpha value is -4.07. The van der Waals surface area contributed by atoms with Crippen molar-refractivity contribution in [2.75, 3.05) is 50.1 Å². The molecule has 0 atom stereocenters. The van der Waals surface area contributed by atoms with Crippen molar-refractivity contribution in [3.63, 3.8) is 0 Å². The Labute approximate surface area is 243 Å². The number of hydrogen-bond acceptors (Lipinski definition) is 9. The van der Waals surface area contributed by atoms with Crippen LogP contribution >= 0.6 is 12.2 Å². The number of carbonyl (C=O) groups is 1. The molecule has 1 fully saturated rings. The third-order valence-electron chi connectivity index (χ3n) is 6.30. The third-order valence-corrected chi connectivity index (χ3v) is 6.59. The Kier molecular flexibility index (Phi) is 9.86. The maximum absolute atomic E-state index is 12.4. The number of aromatic nitrogens is 3. The standard InChI is InChI=1S/C28H36N8O4S/c1-28(2,3)22-17-25(34-40-22)33-26(37)31-20-7-5-19(6-8-20)21-18-36(27(41)32-21)23(29)9-10-24(30)39-14-4-11-35-12-15-38-16-13-35/h5-10,17-18,29-30H,4,11-16H2,1-3H3,(H,32,41)(H2,31,33,34,37). The summed E-state index contributed by atoms with van der Waals surface area (Å²) in [7, 11) is 0. The normalized spacial score (nSPS) is 14.2. The van der Waals surface area contributed by atoms with Gasteiger partial charge in [0.2, 0.25) is 5.90 Å². The van der Waals surface area contributed by atoms with Gasteiger partial charge in [-0.15, -0.1) is 0 Å². The van der Waals surface area contributed by atoms with Gasteiger partial charge >= 0.3 is 6.03 Å². The molecule has 0 bridgehead atoms. The van der Waals surface area contributed by atoms with E-state index < -0.39 is 6.03 Å². The number of benzene rings is 1. The van der Waals surface area contributed by atoms with Crippen LogP contribution in [0.2, 0.25) is 0 Å². The van der Waals surface area contributed by atoms with Crippen molar-refractivity contribution >= 4 is 41.5 Å². The number of H-pyrrole nitrogens is 1. The number of allylic oxidation sites excluding steroid dienone is 1. The highest BCUT2D eigenvalue weighted by Crippen LogP contribution is 2.25. The minimum absolute atomic E-state index is 0.00988. The van der Waals surface area contributed by atoms with Crippen molar-refractivity contribution < 1.29 is 18.8 Å². The second-order valence-corrected chi connectivity index (χ2v) is 11.0. The minimum Gasteiger partial charge on any atom is -0.478 e. The van der Waals surface area contributed by atoms with Gasteiger partial charge < -0.3 is 24.3 Å². The second-order valence-electron chi connectivity index (χ2n) is 10.6. The summed E-state index contributed by atoms with van der Waals surface area (Å²) in [6.07, 6.45) is 5.45. The number of nitrogens with zero attached hydrogens (tertiary/aromatic N) is 3. The zero-order valence-electron chi connectivity index (χ0n) is 23.5. The van der Waals surface area contributed by atoms with Gasteiger partial charge in [-0.25, -0.2) is 4.79 Å². The topological polar surface area (TPSA) is 157 Å². The van der Waals surface area contributed by atoms with Crippen LogP contribution in [0, 0.1) is 15.6 Å². The summed E-state index contributed by atoms with van der Waals surface area (Å²) in [5.74, 6) is 1.09. The fourth-order valence-electron chi connectivity index (χ4n) is 4.00. The molecule has 0 spiro atoms. The monoisotopic (exact) mass is 580 g/mol. The number of aromatic amines is 1. The fourth-order valence-corrected chi connectivity index (χ4v) is 4.26. The first-order chi connectivity index (χ1) is 19.6. The smallest absolute Gasteiger partial charge is 0.324 e. The highest BCUT2D eigenvalue weighted by atomic mass is 32.1. The van der Waals surface area contributed by atoms with Crippen LogP contribution in [0.4, 0.5) is 16.3 Å². The van der Waals surface area contributed by atoms with Gasteiger partial charge in [-0.3, -0.25) is 25.6 Å². The van der Waals surface area contributed by atoms with Crippen LogP contribution in [-0.4, -0.2) is 76.8 Å². The number of imidazole rings is 1. The van der Waals surface area contributed by atoms with E-state index in [0.29, 0.717) is 34.3 Å². The van der Waals surface area contributed by atoms with Crippen molar-refractivity contribution in [1.82, 2.24) is 19.6 Å². The first-order valence-electron chi connectivity index (χ1n) is 13.3. The van der Waals surface area contributed by atoms with Crippen molar-refractivity contribution in [3.05, 3.63) is 59.2 Å². The summed E-state index contributed by atoms with van der Waals surface area (Å²) in [5.41, 5.74) is 1.90. The van der Waals surface area contributed by atoms with Crippen molar-refractivity contribution in [2.45, 2.75) is 32.6 Å². The lowest BCUT2D eigenvalue weighted by atomic mass is 9.93. The predicted octanol–water partition coefficient (Wildman–Crippen LogP) is 5.24. The number of urea groups is 1. The molecular weight excluding hydrogens is 544 g/mol. The molecule has 0 unspecified atom stereocenters. The molecule has 41 heavy (non-hydrogen) atoms. The van der Waals surface area contributed by atoms with Crippen LogP contribution in [0.1, 0.15) is 33.0 Å². The quantitative estimate of drug-likeness (QED) is 0.100. The highest BCUT2D eigenvalue weighted by Gasteiger charge is 2.20. The number of amides is 2. The molecule has 1 saturated heterocycles. The molecule has 4 rings (SSSR count). The van der Waals surface area contributed by atoms with E-state index in [1.807, 2.05) is 32.9 Å². The number of nitrogens with one attached hydrogen (secondary N) is 5. The van der Waals surface area contributed by atoms with Crippen molar-refractivity contribution in [1.29, 1.82) is 10.8 Å². The Bertz CT molecular complexity index is 1440. The van der Waals surface area contributed by atoms with Crippen LogP contribution in [0.5, 0.6) is 0 Å². The largest absolute Gasteiger partial charge is 0.478 e. The summed E-state index contributed by atoms with van der Waals surface area (Å²) < 4.78 is 18.0. The average Bonchev–Trinajstić information content (AvgIpc) is 3.57. The van der Waals surface area contributed by atoms with Crippen LogP contribution in [0.3, 0.4) is 0 Å². The molecule has 3 heterocycles. The van der Waals surface area contributed by atoms with Crippen molar-refractivity contribution in [2.24, 2.45) is 0 Å². The summed E-state index contributed by atoms with van der Waals surface area (Å²) in [6, 6.07) is 8.43. The predicted molar refractivity (Wildman–Crippen MR) is 161 cm³/mol. The summed E-state index contributed by atoms with van der Waals surface area (Å²) in [4.78, 5) is 17.8. The third kappa shape index (κ3) is 8.71. The SMILES string of the molecule is CC(C)(C)c1cc(NC(=O)Nc2ccc(-c3cn(C(=N)C=CC(=N)OCCCN4CCOCC4)c(=S)[nH]3)cc2)no1. The van der Waals surface area contributed by atoms with Gasteiger partial charge in [0.1, 0.15) is 11.6 Å². The molecule has 13 heteroatoms. The zero-order valence-corrected chi connectivity index (χ0v) is 24.3. The average molecular weight is 581 g/mol. The Morgan fingerprint density at radius 2 is 1.90 bits per heavy atom. The number of ether oxygens (including phenoxy) is 2. The molecule has 218 valence electrons. The molecule has 1 aliphatic heterocycles. The van der Waals surface area contributed by atoms with Crippen LogP contribution in [-0.2, 0) is 14.9 Å². The molecular formula is C28H36N8O4S. The van der Waals surface area contributed by atoms with E-state index >= 15 is 0 Å². The van der Waals surface area contributed by atoms with E-state index in [-0.39, 0.29) is 17.1 Å². The van der Waals surface area contributed by atoms with E-state index in [0.717, 1.165) is 44.8 Å². The molecule has 2 amide bonds. The molecule has 3 aromatic rings. The molecule has 5 N–H and O–H groups in total. The Morgan fingerprint density at radius 3 is 2.59 bits per heavy atom. The zero-order chi connectivity index (χ0) is 29.4. The van der Waals surface area contributed by atoms with Gasteiger partial charge in [0, 0.05) is 49.1 Å². The molecule has 1 aromatic carbocycles. The van der Waals surface area contributed by atoms with Gasteiger partial charge in [-0.05, 0) is 42.4 Å². The van der Waals surface area contributed by atoms with Crippen molar-refractivity contribution in [3.8, 4) is 11.3 Å². The highest BCUT2D eigenvalue weighted by molar-refractivity contribution is 7.71. The lowest BCUT2D eigenvalue weighted by molar-refractivity contribution is 0.0356. The Balaban J connectivity index is 1.26. The van der Waals surface area contributed by atoms with E-state index in [1.54, 1.807) is 24.4 Å². The van der Waals surface area contributed by atoms with Crippen LogP contribution in [0.25, 0.3) is 11.3 Å². The van der Waals surface area contributed by atoms with Gasteiger partial charge in [-0.2, -0.15) is 0 Å². The molecule has 0 radical (unpaired) electrons. The lowest BCUT2D eigenvalue weighted by Crippen LogP contribution is -2.37. The van der Waals surface area contributed by atoms with Gasteiger partial charge in [0.15, 0.2) is 10.6 Å². The first-order valence-corrected chi connectivity index (χ1v) is 13.7. The maximum atomic E-state index is 12.4. The van der Waals surface area contributed by atoms with E-state index in [1.165, 1.54) is 16.7 Å². The number of rotatable bonds is 9. The van der Waals surface area contributed by atoms with E-state index in [4.69, 9.17) is 37.0 Å². The van der Waals surface area contributed by atoms with Gasteiger partial charge in [-0.1, -0.05) is 38.1 Å². The van der Waals surface area contributed by atoms with Gasteiger partial charge in [0.25, 0.3) is 0 Å². The number of carbonyl (C=O) groups excluding carboxylic acids is 1. The summed E-state index contributed by atoms with van der Waals surface area (Å²) in [5, 5.41) is 25.7. The number of anilines is 2. The molecule has 0 aliphatic carbocycles. The number of morpholine rings is 1. The second kappa shape index (κ2) is 13.5. The Morgan fingerprint density at radius 1 is 1.17 bits per heavy atom. The minimum atomic E-state index is -0.441. The van der Waals surface area contributed by atoms with Crippen LogP contribution < -0.4 is 10.6 Å². The number of hydrogen-bond donors (Lipinski definition) is 5. The molecule has 2 aromatic heterocycles. The fraction of sp³-hybridized carbons (Fsp3) is 0.393.